The van der Waals surface area contributed by atoms with Crippen molar-refractivity contribution in [3.63, 3.8) is 0 Å². The van der Waals surface area contributed by atoms with Gasteiger partial charge in [0.2, 0.25) is 0 Å². The molecule has 670 valence electrons. The Morgan fingerprint density at radius 3 is 1.04 bits per heavy atom. The molecule has 0 saturated heterocycles. The summed E-state index contributed by atoms with van der Waals surface area (Å²) in [6.07, 6.45) is 0. The first-order valence-electron chi connectivity index (χ1n) is 46.8. The lowest BCUT2D eigenvalue weighted by atomic mass is 10.0. The van der Waals surface area contributed by atoms with Crippen LogP contribution in [-0.4, -0.2) is 44.9 Å². The van der Waals surface area contributed by atoms with Gasteiger partial charge in [0.15, 0.2) is 52.2 Å². The molecule has 0 aliphatic carbocycles. The largest absolute Gasteiger partial charge is 0.455 e. The summed E-state index contributed by atoms with van der Waals surface area (Å²) in [7, 11) is 0. The van der Waals surface area contributed by atoms with E-state index in [9.17, 15) is 0 Å². The highest BCUT2D eigenvalue weighted by Gasteiger charge is 2.24. The molecule has 0 N–H and O–H groups in total. The van der Waals surface area contributed by atoms with E-state index < -0.39 is 0 Å². The number of hydrogen-bond acceptors (Lipinski definition) is 16. The fraction of sp³-hybridized carbons (Fsp3) is 0.00794. The van der Waals surface area contributed by atoms with E-state index >= 15 is 0 Å². The van der Waals surface area contributed by atoms with E-state index in [0.717, 1.165) is 161 Å². The highest BCUT2D eigenvalue weighted by molar-refractivity contribution is 7.26. The minimum atomic E-state index is 0.640. The maximum atomic E-state index is 6.29. The third-order valence-electron chi connectivity index (χ3n) is 25.4. The monoisotopic (exact) mass is 1880 g/mol. The van der Waals surface area contributed by atoms with Crippen molar-refractivity contribution in [3.8, 4) is 158 Å². The molecule has 0 spiro atoms. The Morgan fingerprint density at radius 1 is 0.183 bits per heavy atom. The first kappa shape index (κ1) is 85.5. The number of aryl methyl sites for hydroxylation is 1. The van der Waals surface area contributed by atoms with Gasteiger partial charge >= 0.3 is 0 Å². The molecule has 11 heterocycles. The molecule has 0 bridgehead atoms. The second kappa shape index (κ2) is 37.4. The molecule has 0 saturated carbocycles. The molecule has 17 aromatic carbocycles. The van der Waals surface area contributed by atoms with E-state index in [1.807, 2.05) is 236 Å². The zero-order valence-corrected chi connectivity index (χ0v) is 78.7. The van der Waals surface area contributed by atoms with Crippen molar-refractivity contribution >= 4 is 139 Å². The Morgan fingerprint density at radius 2 is 0.528 bits per heavy atom. The van der Waals surface area contributed by atoms with Gasteiger partial charge in [-0.1, -0.05) is 364 Å². The van der Waals surface area contributed by atoms with Gasteiger partial charge in [0.25, 0.3) is 0 Å². The molecule has 0 fully saturated rings. The lowest BCUT2D eigenvalue weighted by Gasteiger charge is -2.09. The Kier molecular flexibility index (Phi) is 22.5. The fourth-order valence-electron chi connectivity index (χ4n) is 18.3. The average molecular weight is 1880 g/mol. The van der Waals surface area contributed by atoms with E-state index in [1.54, 1.807) is 22.7 Å². The maximum absolute atomic E-state index is 6.29. The number of fused-ring (bicyclic) bond motifs is 13. The molecule has 0 radical (unpaired) electrons. The summed E-state index contributed by atoms with van der Waals surface area (Å²) in [5, 5.41) is 11.6. The van der Waals surface area contributed by atoms with Crippen molar-refractivity contribution in [2.45, 2.75) is 6.92 Å². The van der Waals surface area contributed by atoms with E-state index in [4.69, 9.17) is 62.5 Å². The maximum Gasteiger partial charge on any atom is 0.174 e. The van der Waals surface area contributed by atoms with Gasteiger partial charge in [-0.15, -0.1) is 34.0 Å². The predicted octanol–water partition coefficient (Wildman–Crippen LogP) is 35.0. The number of furan rings is 4. The lowest BCUT2D eigenvalue weighted by molar-refractivity contribution is 0.628. The summed E-state index contributed by atoms with van der Waals surface area (Å²) in [6.45, 7) is 2.15. The summed E-state index contributed by atoms with van der Waals surface area (Å²) in [6, 6.07) is 157. The van der Waals surface area contributed by atoms with Crippen LogP contribution in [0.5, 0.6) is 0 Å². The first-order valence-corrected chi connectivity index (χ1v) is 49.3. The van der Waals surface area contributed by atoms with Crippen molar-refractivity contribution in [2.75, 3.05) is 0 Å². The predicted molar refractivity (Wildman–Crippen MR) is 585 cm³/mol. The second-order valence-corrected chi connectivity index (χ2v) is 37.8. The minimum absolute atomic E-state index is 0.640. The summed E-state index contributed by atoms with van der Waals surface area (Å²) in [5.41, 5.74) is 22.9. The quantitative estimate of drug-likeness (QED) is 0.101. The van der Waals surface area contributed by atoms with Crippen LogP contribution in [-0.2, 0) is 0 Å². The van der Waals surface area contributed by atoms with Crippen LogP contribution in [0.15, 0.2) is 479 Å². The van der Waals surface area contributed by atoms with Gasteiger partial charge in [0.1, 0.15) is 45.0 Å². The van der Waals surface area contributed by atoms with Crippen molar-refractivity contribution in [3.05, 3.63) is 467 Å². The molecule has 142 heavy (non-hydrogen) atoms. The topological polar surface area (TPSA) is 169 Å². The molecule has 0 aliphatic rings. The van der Waals surface area contributed by atoms with Crippen LogP contribution in [0.1, 0.15) is 5.56 Å². The molecule has 0 amide bonds. The van der Waals surface area contributed by atoms with Crippen molar-refractivity contribution < 1.29 is 17.7 Å². The zero-order valence-electron chi connectivity index (χ0n) is 76.3. The van der Waals surface area contributed by atoms with Gasteiger partial charge in [-0.2, -0.15) is 0 Å². The molecule has 0 aliphatic heterocycles. The molecule has 16 heteroatoms. The van der Waals surface area contributed by atoms with Crippen LogP contribution in [0, 0.1) is 6.92 Å². The first-order chi connectivity index (χ1) is 70.2. The summed E-state index contributed by atoms with van der Waals surface area (Å²) < 4.78 is 31.1. The van der Waals surface area contributed by atoms with E-state index in [1.165, 1.54) is 67.1 Å². The molecular formula is C126H79N9O4S3. The molecule has 0 atom stereocenters. The van der Waals surface area contributed by atoms with Gasteiger partial charge in [-0.25, -0.2) is 44.9 Å². The van der Waals surface area contributed by atoms with Gasteiger partial charge in [-0.05, 0) is 137 Å². The molecule has 28 aromatic rings. The van der Waals surface area contributed by atoms with Gasteiger partial charge < -0.3 is 17.7 Å². The Balaban J connectivity index is 0.0000000997. The number of hydrogen-bond donors (Lipinski definition) is 0. The Bertz CT molecular complexity index is 9090. The summed E-state index contributed by atoms with van der Waals surface area (Å²) in [4.78, 5) is 45.6. The zero-order chi connectivity index (χ0) is 94.3. The van der Waals surface area contributed by atoms with Crippen LogP contribution >= 0.6 is 34.0 Å². The van der Waals surface area contributed by atoms with E-state index in [0.29, 0.717) is 40.7 Å². The Hall–Kier alpha value is -18.2. The van der Waals surface area contributed by atoms with Gasteiger partial charge in [-0.3, -0.25) is 0 Å². The highest BCUT2D eigenvalue weighted by Crippen LogP contribution is 2.46. The van der Waals surface area contributed by atoms with Crippen molar-refractivity contribution in [1.29, 1.82) is 0 Å². The number of para-hydroxylation sites is 5. The average Bonchev–Trinajstić information content (AvgIpc) is 1.61. The molecule has 28 rings (SSSR count). The van der Waals surface area contributed by atoms with Crippen LogP contribution < -0.4 is 0 Å². The van der Waals surface area contributed by atoms with Gasteiger partial charge in [0, 0.05) is 116 Å². The number of benzene rings is 17. The normalized spacial score (nSPS) is 11.4. The smallest absolute Gasteiger partial charge is 0.174 e. The summed E-state index contributed by atoms with van der Waals surface area (Å²) >= 11 is 5.36. The van der Waals surface area contributed by atoms with Crippen molar-refractivity contribution in [1.82, 2.24) is 44.9 Å². The minimum Gasteiger partial charge on any atom is -0.455 e. The molecule has 13 nitrogen and oxygen atoms in total. The number of thiophene rings is 3. The van der Waals surface area contributed by atoms with Crippen LogP contribution in [0.25, 0.3) is 263 Å². The lowest BCUT2D eigenvalue weighted by Crippen LogP contribution is -1.99. The number of aromatic nitrogens is 9. The standard InChI is InChI=1S/C36H25N3S.C30H18N2O2.2C30H18N2OS/c1-24-9-8-14-31-23-32(40-33(24)31)36-38-34(29-19-15-27(16-20-29)25-10-4-2-5-11-25)37-35(39-36)30-21-17-28(18-22-30)26-12-6-3-7-13-26;1-2-9-19(10-3-1)30-31-24(18-25(32-30)28-17-20-11-4-6-15-26(20)33-28)23-14-8-13-22-21-12-5-7-16-27(21)34-29(22)23;1-2-9-19(10-3-1)30-31-24(18-25(32-30)27-17-20-11-4-6-15-26(20)33-27)23-14-8-13-22-21-12-5-7-16-28(21)34-29(22)23;1-2-8-19(9-3-1)30-31-24(18-25(32-30)27-17-21-10-4-6-12-26(21)33-27)20-14-15-29-23(16-20)22-11-5-7-13-28(22)34-29/h2-23H,1H3;3*1-18H. The molecular weight excluding hydrogens is 1800 g/mol. The summed E-state index contributed by atoms with van der Waals surface area (Å²) in [5.74, 6) is 6.23. The Labute approximate surface area is 827 Å². The number of rotatable bonds is 14. The number of nitrogens with zero attached hydrogens (tertiary/aromatic N) is 9. The fourth-order valence-corrected chi connectivity index (χ4v) is 21.7. The van der Waals surface area contributed by atoms with Gasteiger partial charge in [0.05, 0.1) is 22.0 Å². The van der Waals surface area contributed by atoms with Crippen molar-refractivity contribution in [2.24, 2.45) is 0 Å². The third kappa shape index (κ3) is 17.1. The SMILES string of the molecule is Cc1cccc2cc(-c3nc(-c4ccc(-c5ccccc5)cc4)nc(-c4ccc(-c5ccccc5)cc4)n3)sc12.c1ccc(-c2nc(-c3cc4ccccc4o3)cc(-c3cccc4c3oc3ccccc34)n2)cc1.c1ccc(-c2nc(-c3cc4ccccc4o3)cc(-c3cccc4c3sc3ccccc34)n2)cc1.c1ccc(-c2nc(-c3ccc4sc5ccccc5c4c3)cc(-c3cc4ccccc4o3)n2)cc1. The third-order valence-corrected chi connectivity index (χ3v) is 29.1. The van der Waals surface area contributed by atoms with Crippen LogP contribution in [0.3, 0.4) is 0 Å². The van der Waals surface area contributed by atoms with E-state index in [2.05, 4.69) is 244 Å². The molecule has 11 aromatic heterocycles. The second-order valence-electron chi connectivity index (χ2n) is 34.6. The highest BCUT2D eigenvalue weighted by atomic mass is 32.1. The van der Waals surface area contributed by atoms with E-state index in [-0.39, 0.29) is 0 Å². The molecule has 0 unspecified atom stereocenters. The van der Waals surface area contributed by atoms with Crippen LogP contribution in [0.2, 0.25) is 0 Å². The van der Waals surface area contributed by atoms with Crippen LogP contribution in [0.4, 0.5) is 0 Å².